The van der Waals surface area contributed by atoms with E-state index in [0.29, 0.717) is 36.3 Å². The number of likely N-dealkylation sites (tertiary alicyclic amines) is 2. The summed E-state index contributed by atoms with van der Waals surface area (Å²) in [6, 6.07) is 8.38. The van der Waals surface area contributed by atoms with Gasteiger partial charge in [0.25, 0.3) is 11.8 Å². The monoisotopic (exact) mass is 470 g/mol. The number of hydrogen-bond donors (Lipinski definition) is 2. The van der Waals surface area contributed by atoms with E-state index < -0.39 is 0 Å². The molecule has 2 fully saturated rings. The molecule has 2 amide bonds. The second-order valence-corrected chi connectivity index (χ2v) is 10.3. The van der Waals surface area contributed by atoms with E-state index in [0.717, 1.165) is 38.8 Å². The summed E-state index contributed by atoms with van der Waals surface area (Å²) in [7, 11) is 0. The summed E-state index contributed by atoms with van der Waals surface area (Å²) >= 11 is 0. The largest absolute Gasteiger partial charge is 0.352 e. The summed E-state index contributed by atoms with van der Waals surface area (Å²) in [5, 5.41) is 6.03. The molecule has 1 aromatic rings. The smallest absolute Gasteiger partial charge is 0.251 e. The number of carbonyl (C=O) groups excluding carboxylic acids is 2. The highest BCUT2D eigenvalue weighted by Gasteiger charge is 2.18. The van der Waals surface area contributed by atoms with Gasteiger partial charge < -0.3 is 20.4 Å². The van der Waals surface area contributed by atoms with Gasteiger partial charge in [-0.15, -0.1) is 0 Å². The van der Waals surface area contributed by atoms with Crippen molar-refractivity contribution in [3.8, 4) is 0 Å². The molecular formula is C28H46N4O2. The summed E-state index contributed by atoms with van der Waals surface area (Å²) in [6.45, 7) is 10.7. The molecule has 0 bridgehead atoms. The maximum Gasteiger partial charge on any atom is 0.251 e. The molecule has 0 aliphatic carbocycles. The van der Waals surface area contributed by atoms with Crippen molar-refractivity contribution in [2.75, 3.05) is 39.3 Å². The highest BCUT2D eigenvalue weighted by Crippen LogP contribution is 2.17. The minimum atomic E-state index is -0.0646. The lowest BCUT2D eigenvalue weighted by atomic mass is 10.0. The molecule has 2 unspecified atom stereocenters. The third kappa shape index (κ3) is 8.70. The molecule has 2 aliphatic heterocycles. The van der Waals surface area contributed by atoms with Crippen LogP contribution in [-0.2, 0) is 0 Å². The first-order valence-electron chi connectivity index (χ1n) is 13.7. The SMILES string of the molecule is CC1CCCCN1CCCCNC(=O)c1ccc(C(=O)NCCCCN2CCCCC2C)cc1. The van der Waals surface area contributed by atoms with Gasteiger partial charge in [-0.1, -0.05) is 12.8 Å². The van der Waals surface area contributed by atoms with Crippen LogP contribution in [0.4, 0.5) is 0 Å². The minimum absolute atomic E-state index is 0.0646. The van der Waals surface area contributed by atoms with Gasteiger partial charge in [0, 0.05) is 36.3 Å². The van der Waals surface area contributed by atoms with Crippen molar-refractivity contribution in [1.29, 1.82) is 0 Å². The average molecular weight is 471 g/mol. The summed E-state index contributed by atoms with van der Waals surface area (Å²) in [6.07, 6.45) is 12.2. The van der Waals surface area contributed by atoms with Crippen LogP contribution in [0.5, 0.6) is 0 Å². The quantitative estimate of drug-likeness (QED) is 0.443. The molecule has 2 atom stereocenters. The Balaban J connectivity index is 1.27. The molecule has 3 rings (SSSR count). The molecule has 2 aliphatic rings. The second kappa shape index (κ2) is 14.5. The lowest BCUT2D eigenvalue weighted by molar-refractivity contribution is 0.0939. The van der Waals surface area contributed by atoms with Crippen molar-refractivity contribution in [1.82, 2.24) is 20.4 Å². The van der Waals surface area contributed by atoms with E-state index in [9.17, 15) is 9.59 Å². The fourth-order valence-corrected chi connectivity index (χ4v) is 5.24. The van der Waals surface area contributed by atoms with Gasteiger partial charge in [0.2, 0.25) is 0 Å². The Bertz CT molecular complexity index is 688. The predicted molar refractivity (Wildman–Crippen MR) is 139 cm³/mol. The highest BCUT2D eigenvalue weighted by molar-refractivity contribution is 5.97. The van der Waals surface area contributed by atoms with Crippen LogP contribution < -0.4 is 10.6 Å². The molecule has 6 heteroatoms. The fraction of sp³-hybridized carbons (Fsp3) is 0.714. The number of rotatable bonds is 12. The second-order valence-electron chi connectivity index (χ2n) is 10.3. The highest BCUT2D eigenvalue weighted by atomic mass is 16.2. The molecule has 34 heavy (non-hydrogen) atoms. The average Bonchev–Trinajstić information content (AvgIpc) is 2.85. The lowest BCUT2D eigenvalue weighted by Gasteiger charge is -2.33. The van der Waals surface area contributed by atoms with Gasteiger partial charge in [0.15, 0.2) is 0 Å². The topological polar surface area (TPSA) is 64.7 Å². The molecule has 0 radical (unpaired) electrons. The number of unbranched alkanes of at least 4 members (excludes halogenated alkanes) is 2. The Morgan fingerprint density at radius 2 is 1.12 bits per heavy atom. The van der Waals surface area contributed by atoms with E-state index in [1.165, 1.54) is 51.6 Å². The van der Waals surface area contributed by atoms with Crippen molar-refractivity contribution in [3.05, 3.63) is 35.4 Å². The van der Waals surface area contributed by atoms with Gasteiger partial charge in [-0.3, -0.25) is 9.59 Å². The summed E-state index contributed by atoms with van der Waals surface area (Å²) in [4.78, 5) is 30.0. The number of amides is 2. The predicted octanol–water partition coefficient (Wildman–Crippen LogP) is 4.46. The van der Waals surface area contributed by atoms with Gasteiger partial charge in [-0.2, -0.15) is 0 Å². The van der Waals surface area contributed by atoms with E-state index in [1.807, 2.05) is 0 Å². The Labute approximate surface area is 206 Å². The maximum absolute atomic E-state index is 12.4. The number of carbonyl (C=O) groups is 2. The summed E-state index contributed by atoms with van der Waals surface area (Å²) in [5.41, 5.74) is 1.22. The van der Waals surface area contributed by atoms with Crippen molar-refractivity contribution >= 4 is 11.8 Å². The van der Waals surface area contributed by atoms with Gasteiger partial charge in [0.05, 0.1) is 0 Å². The molecule has 0 saturated carbocycles. The number of piperidine rings is 2. The van der Waals surface area contributed by atoms with Crippen LogP contribution in [0.1, 0.15) is 98.8 Å². The molecule has 6 nitrogen and oxygen atoms in total. The van der Waals surface area contributed by atoms with Crippen LogP contribution in [0.15, 0.2) is 24.3 Å². The third-order valence-electron chi connectivity index (χ3n) is 7.61. The zero-order valence-electron chi connectivity index (χ0n) is 21.5. The van der Waals surface area contributed by atoms with Crippen LogP contribution in [-0.4, -0.2) is 73.0 Å². The number of benzene rings is 1. The van der Waals surface area contributed by atoms with E-state index in [2.05, 4.69) is 34.3 Å². The van der Waals surface area contributed by atoms with Gasteiger partial charge >= 0.3 is 0 Å². The summed E-state index contributed by atoms with van der Waals surface area (Å²) < 4.78 is 0. The molecule has 1 aromatic carbocycles. The van der Waals surface area contributed by atoms with Crippen LogP contribution in [0.3, 0.4) is 0 Å². The van der Waals surface area contributed by atoms with Crippen molar-refractivity contribution in [2.45, 2.75) is 90.1 Å². The number of hydrogen-bond acceptors (Lipinski definition) is 4. The van der Waals surface area contributed by atoms with Crippen LogP contribution in [0, 0.1) is 0 Å². The first-order valence-corrected chi connectivity index (χ1v) is 13.7. The summed E-state index contributed by atoms with van der Waals surface area (Å²) in [5.74, 6) is -0.129. The molecule has 190 valence electrons. The van der Waals surface area contributed by atoms with Gasteiger partial charge in [-0.05, 0) is 116 Å². The van der Waals surface area contributed by atoms with Crippen molar-refractivity contribution < 1.29 is 9.59 Å². The third-order valence-corrected chi connectivity index (χ3v) is 7.61. The van der Waals surface area contributed by atoms with Crippen molar-refractivity contribution in [3.63, 3.8) is 0 Å². The van der Waals surface area contributed by atoms with E-state index in [1.54, 1.807) is 24.3 Å². The molecule has 2 heterocycles. The van der Waals surface area contributed by atoms with Crippen LogP contribution in [0.25, 0.3) is 0 Å². The maximum atomic E-state index is 12.4. The van der Waals surface area contributed by atoms with Gasteiger partial charge in [-0.25, -0.2) is 0 Å². The first-order chi connectivity index (χ1) is 16.5. The Hall–Kier alpha value is -1.92. The fourth-order valence-electron chi connectivity index (χ4n) is 5.24. The first kappa shape index (κ1) is 26.7. The minimum Gasteiger partial charge on any atom is -0.352 e. The zero-order chi connectivity index (χ0) is 24.2. The van der Waals surface area contributed by atoms with E-state index in [-0.39, 0.29) is 11.8 Å². The Kier molecular flexibility index (Phi) is 11.4. The molecule has 0 aromatic heterocycles. The Morgan fingerprint density at radius 1 is 0.706 bits per heavy atom. The zero-order valence-corrected chi connectivity index (χ0v) is 21.5. The molecular weight excluding hydrogens is 424 g/mol. The normalized spacial score (nSPS) is 21.8. The Morgan fingerprint density at radius 3 is 1.50 bits per heavy atom. The van der Waals surface area contributed by atoms with Crippen LogP contribution in [0.2, 0.25) is 0 Å². The lowest BCUT2D eigenvalue weighted by Crippen LogP contribution is -2.38. The van der Waals surface area contributed by atoms with Crippen LogP contribution >= 0.6 is 0 Å². The van der Waals surface area contributed by atoms with Gasteiger partial charge in [0.1, 0.15) is 0 Å². The molecule has 0 spiro atoms. The molecule has 2 N–H and O–H groups in total. The molecule has 2 saturated heterocycles. The standard InChI is InChI=1S/C28H46N4O2/c1-23-11-3-7-19-31(23)21-9-5-17-29-27(33)25-13-15-26(16-14-25)28(34)30-18-6-10-22-32-20-8-4-12-24(32)2/h13-16,23-24H,3-12,17-22H2,1-2H3,(H,29,33)(H,30,34). The number of nitrogens with zero attached hydrogens (tertiary/aromatic N) is 2. The number of nitrogens with one attached hydrogen (secondary N) is 2. The van der Waals surface area contributed by atoms with E-state index in [4.69, 9.17) is 0 Å². The van der Waals surface area contributed by atoms with Crippen molar-refractivity contribution in [2.24, 2.45) is 0 Å². The van der Waals surface area contributed by atoms with E-state index >= 15 is 0 Å².